The molecule has 98 valence electrons. The molecule has 2 heteroatoms. The van der Waals surface area contributed by atoms with Crippen LogP contribution in [0.4, 0.5) is 0 Å². The van der Waals surface area contributed by atoms with Gasteiger partial charge >= 0.3 is 0 Å². The molecule has 2 fully saturated rings. The van der Waals surface area contributed by atoms with Gasteiger partial charge in [-0.15, -0.1) is 0 Å². The third-order valence-corrected chi connectivity index (χ3v) is 4.49. The summed E-state index contributed by atoms with van der Waals surface area (Å²) in [5.74, 6) is 0. The molecule has 0 heterocycles. The number of ether oxygens (including phenoxy) is 1. The fraction of sp³-hybridized carbons (Fsp3) is 0.625. The molecule has 0 atom stereocenters. The molecule has 2 aliphatic rings. The number of aliphatic hydroxyl groups is 1. The van der Waals surface area contributed by atoms with Gasteiger partial charge in [0.2, 0.25) is 0 Å². The fourth-order valence-corrected chi connectivity index (χ4v) is 2.59. The third-order valence-electron chi connectivity index (χ3n) is 4.49. The highest BCUT2D eigenvalue weighted by Gasteiger charge is 2.42. The molecule has 0 aromatic heterocycles. The normalized spacial score (nSPS) is 22.8. The molecule has 0 aliphatic heterocycles. The monoisotopic (exact) mass is 246 g/mol. The van der Waals surface area contributed by atoms with Crippen molar-refractivity contribution in [2.75, 3.05) is 7.11 Å². The smallest absolute Gasteiger partial charge is 0.0690 e. The molecular formula is C16H22O2. The average molecular weight is 246 g/mol. The van der Waals surface area contributed by atoms with Crippen LogP contribution in [-0.2, 0) is 17.6 Å². The number of benzene rings is 1. The van der Waals surface area contributed by atoms with E-state index in [0.29, 0.717) is 0 Å². The Bertz CT molecular complexity index is 413. The number of hydrogen-bond acceptors (Lipinski definition) is 2. The Balaban J connectivity index is 1.54. The predicted octanol–water partition coefficient (Wildman–Crippen LogP) is 2.87. The minimum Gasteiger partial charge on any atom is -0.390 e. The highest BCUT2D eigenvalue weighted by molar-refractivity contribution is 5.25. The maximum Gasteiger partial charge on any atom is 0.0690 e. The van der Waals surface area contributed by atoms with Crippen LogP contribution in [0, 0.1) is 0 Å². The summed E-state index contributed by atoms with van der Waals surface area (Å²) in [6, 6.07) is 8.73. The van der Waals surface area contributed by atoms with Gasteiger partial charge in [-0.1, -0.05) is 24.3 Å². The molecule has 0 unspecified atom stereocenters. The first-order chi connectivity index (χ1) is 8.63. The van der Waals surface area contributed by atoms with Gasteiger partial charge in [0.15, 0.2) is 0 Å². The molecule has 3 rings (SSSR count). The van der Waals surface area contributed by atoms with E-state index in [1.54, 1.807) is 0 Å². The summed E-state index contributed by atoms with van der Waals surface area (Å²) in [6.07, 6.45) is 7.40. The van der Waals surface area contributed by atoms with Crippen LogP contribution in [0.2, 0.25) is 0 Å². The topological polar surface area (TPSA) is 29.5 Å². The summed E-state index contributed by atoms with van der Waals surface area (Å²) in [6.45, 7) is 0. The minimum atomic E-state index is -0.379. The molecule has 1 aromatic rings. The van der Waals surface area contributed by atoms with E-state index < -0.39 is 0 Å². The summed E-state index contributed by atoms with van der Waals surface area (Å²) < 4.78 is 5.54. The Hall–Kier alpha value is -0.860. The van der Waals surface area contributed by atoms with Crippen molar-refractivity contribution in [3.8, 4) is 0 Å². The third kappa shape index (κ3) is 2.76. The lowest BCUT2D eigenvalue weighted by molar-refractivity contribution is 0.0731. The van der Waals surface area contributed by atoms with Crippen molar-refractivity contribution in [2.45, 2.75) is 56.1 Å². The first-order valence-electron chi connectivity index (χ1n) is 6.99. The Labute approximate surface area is 109 Å². The lowest BCUT2D eigenvalue weighted by Gasteiger charge is -2.13. The van der Waals surface area contributed by atoms with Crippen LogP contribution >= 0.6 is 0 Å². The first kappa shape index (κ1) is 12.2. The van der Waals surface area contributed by atoms with Gasteiger partial charge in [0.1, 0.15) is 0 Å². The van der Waals surface area contributed by atoms with Crippen molar-refractivity contribution in [3.05, 3.63) is 35.4 Å². The van der Waals surface area contributed by atoms with Crippen molar-refractivity contribution >= 4 is 0 Å². The average Bonchev–Trinajstić information content (AvgIpc) is 3.28. The summed E-state index contributed by atoms with van der Waals surface area (Å²) >= 11 is 0. The second-order valence-corrected chi connectivity index (χ2v) is 6.10. The molecular weight excluding hydrogens is 224 g/mol. The molecule has 2 nitrogen and oxygen atoms in total. The number of rotatable bonds is 6. The van der Waals surface area contributed by atoms with Gasteiger partial charge in [0.25, 0.3) is 0 Å². The summed E-state index contributed by atoms with van der Waals surface area (Å²) in [5.41, 5.74) is 2.45. The van der Waals surface area contributed by atoms with Crippen LogP contribution in [0.5, 0.6) is 0 Å². The zero-order valence-corrected chi connectivity index (χ0v) is 11.1. The largest absolute Gasteiger partial charge is 0.390 e. The van der Waals surface area contributed by atoms with Crippen LogP contribution in [0.25, 0.3) is 0 Å². The summed E-state index contributed by atoms with van der Waals surface area (Å²) in [7, 11) is 1.83. The highest BCUT2D eigenvalue weighted by Crippen LogP contribution is 2.43. The maximum atomic E-state index is 9.89. The van der Waals surface area contributed by atoms with Crippen molar-refractivity contribution in [3.63, 3.8) is 0 Å². The zero-order chi connectivity index (χ0) is 12.6. The van der Waals surface area contributed by atoms with E-state index in [-0.39, 0.29) is 11.2 Å². The maximum absolute atomic E-state index is 9.89. The van der Waals surface area contributed by atoms with Crippen molar-refractivity contribution in [2.24, 2.45) is 0 Å². The van der Waals surface area contributed by atoms with E-state index in [2.05, 4.69) is 24.3 Å². The van der Waals surface area contributed by atoms with Crippen molar-refractivity contribution in [1.82, 2.24) is 0 Å². The number of methoxy groups -OCH3 is 1. The van der Waals surface area contributed by atoms with Crippen molar-refractivity contribution < 1.29 is 9.84 Å². The Kier molecular flexibility index (Phi) is 2.95. The van der Waals surface area contributed by atoms with Crippen LogP contribution < -0.4 is 0 Å². The minimum absolute atomic E-state index is 0.196. The van der Waals surface area contributed by atoms with Gasteiger partial charge in [0.05, 0.1) is 11.2 Å². The lowest BCUT2D eigenvalue weighted by Crippen LogP contribution is -2.12. The molecule has 18 heavy (non-hydrogen) atoms. The summed E-state index contributed by atoms with van der Waals surface area (Å²) in [5, 5.41) is 9.89. The first-order valence-corrected chi connectivity index (χ1v) is 6.99. The molecule has 2 saturated carbocycles. The van der Waals surface area contributed by atoms with E-state index in [1.807, 2.05) is 7.11 Å². The highest BCUT2D eigenvalue weighted by atomic mass is 16.5. The van der Waals surface area contributed by atoms with Gasteiger partial charge in [-0.25, -0.2) is 0 Å². The Morgan fingerprint density at radius 1 is 1.06 bits per heavy atom. The zero-order valence-electron chi connectivity index (χ0n) is 11.1. The molecule has 0 radical (unpaired) electrons. The van der Waals surface area contributed by atoms with E-state index in [0.717, 1.165) is 32.1 Å². The Morgan fingerprint density at radius 3 is 2.17 bits per heavy atom. The molecule has 0 bridgehead atoms. The van der Waals surface area contributed by atoms with E-state index in [4.69, 9.17) is 4.74 Å². The van der Waals surface area contributed by atoms with Crippen LogP contribution in [0.15, 0.2) is 24.3 Å². The van der Waals surface area contributed by atoms with E-state index >= 15 is 0 Å². The second kappa shape index (κ2) is 4.36. The van der Waals surface area contributed by atoms with Gasteiger partial charge in [-0.05, 0) is 49.7 Å². The molecule has 2 aliphatic carbocycles. The van der Waals surface area contributed by atoms with E-state index in [1.165, 1.54) is 24.0 Å². The Morgan fingerprint density at radius 2 is 1.67 bits per heavy atom. The van der Waals surface area contributed by atoms with Gasteiger partial charge < -0.3 is 9.84 Å². The van der Waals surface area contributed by atoms with E-state index in [9.17, 15) is 5.11 Å². The van der Waals surface area contributed by atoms with Crippen molar-refractivity contribution in [1.29, 1.82) is 0 Å². The van der Waals surface area contributed by atoms with Gasteiger partial charge in [-0.2, -0.15) is 0 Å². The number of hydrogen-bond donors (Lipinski definition) is 1. The van der Waals surface area contributed by atoms with Gasteiger partial charge in [-0.3, -0.25) is 0 Å². The molecule has 1 N–H and O–H groups in total. The quantitative estimate of drug-likeness (QED) is 0.836. The molecule has 0 spiro atoms. The molecule has 1 aromatic carbocycles. The molecule has 0 amide bonds. The van der Waals surface area contributed by atoms with Crippen LogP contribution in [-0.4, -0.2) is 23.4 Å². The lowest BCUT2D eigenvalue weighted by atomic mass is 10.0. The standard InChI is InChI=1S/C16H22O2/c1-18-16(10-11-16)7-6-13-2-4-14(5-3-13)12-15(17)8-9-15/h2-5,17H,6-12H2,1H3. The second-order valence-electron chi connectivity index (χ2n) is 6.10. The van der Waals surface area contributed by atoms with Gasteiger partial charge in [0, 0.05) is 13.5 Å². The fourth-order valence-electron chi connectivity index (χ4n) is 2.59. The van der Waals surface area contributed by atoms with Crippen LogP contribution in [0.1, 0.15) is 43.2 Å². The summed E-state index contributed by atoms with van der Waals surface area (Å²) in [4.78, 5) is 0. The SMILES string of the molecule is COC1(CCc2ccc(CC3(O)CC3)cc2)CC1. The molecule has 0 saturated heterocycles. The predicted molar refractivity (Wildman–Crippen MR) is 71.6 cm³/mol. The van der Waals surface area contributed by atoms with Crippen LogP contribution in [0.3, 0.4) is 0 Å². The number of aryl methyl sites for hydroxylation is 1.